The number of hydrogen-bond donors (Lipinski definition) is 2. The number of ether oxygens (including phenoxy) is 2. The first kappa shape index (κ1) is 21.8. The quantitative estimate of drug-likeness (QED) is 0.538. The van der Waals surface area contributed by atoms with Crippen LogP contribution in [0.5, 0.6) is 11.5 Å². The van der Waals surface area contributed by atoms with Gasteiger partial charge in [0.1, 0.15) is 0 Å². The molecule has 2 aromatic carbocycles. The number of benzene rings is 2. The second-order valence-electron chi connectivity index (χ2n) is 7.26. The maximum atomic E-state index is 12.6. The molecule has 0 atom stereocenters. The minimum Gasteiger partial charge on any atom is -0.490 e. The summed E-state index contributed by atoms with van der Waals surface area (Å²) in [5.74, 6) is 0.641. The Labute approximate surface area is 186 Å². The molecule has 0 radical (unpaired) electrons. The zero-order valence-electron chi connectivity index (χ0n) is 17.4. The molecular weight excluding hydrogens is 432 g/mol. The molecule has 0 unspecified atom stereocenters. The van der Waals surface area contributed by atoms with Gasteiger partial charge in [0.25, 0.3) is 0 Å². The van der Waals surface area contributed by atoms with E-state index in [-0.39, 0.29) is 23.8 Å². The SMILES string of the molecule is O=C(CCNS(=O)(=O)c1ccc2c(c1)OCCCO2)Nc1ccc(Cn2cccn2)cc1. The van der Waals surface area contributed by atoms with E-state index >= 15 is 0 Å². The normalized spacial score (nSPS) is 13.4. The van der Waals surface area contributed by atoms with Crippen LogP contribution < -0.4 is 19.5 Å². The number of hydrogen-bond acceptors (Lipinski definition) is 6. The fourth-order valence-electron chi connectivity index (χ4n) is 3.19. The van der Waals surface area contributed by atoms with Crippen LogP contribution in [0.3, 0.4) is 0 Å². The van der Waals surface area contributed by atoms with Crippen LogP contribution >= 0.6 is 0 Å². The second-order valence-corrected chi connectivity index (χ2v) is 9.02. The molecule has 1 aliphatic rings. The van der Waals surface area contributed by atoms with E-state index in [1.807, 2.05) is 29.1 Å². The molecule has 168 valence electrons. The molecule has 0 aliphatic carbocycles. The molecule has 1 amide bonds. The predicted molar refractivity (Wildman–Crippen MR) is 118 cm³/mol. The lowest BCUT2D eigenvalue weighted by molar-refractivity contribution is -0.116. The summed E-state index contributed by atoms with van der Waals surface area (Å²) < 4.78 is 40.5. The average molecular weight is 457 g/mol. The minimum atomic E-state index is -3.78. The largest absolute Gasteiger partial charge is 0.490 e. The number of anilines is 1. The smallest absolute Gasteiger partial charge is 0.240 e. The van der Waals surface area contributed by atoms with Gasteiger partial charge in [-0.05, 0) is 35.9 Å². The summed E-state index contributed by atoms with van der Waals surface area (Å²) in [5.41, 5.74) is 1.69. The number of fused-ring (bicyclic) bond motifs is 1. The zero-order chi connectivity index (χ0) is 22.4. The van der Waals surface area contributed by atoms with E-state index in [0.717, 1.165) is 12.0 Å². The van der Waals surface area contributed by atoms with Gasteiger partial charge in [0.15, 0.2) is 11.5 Å². The maximum absolute atomic E-state index is 12.6. The maximum Gasteiger partial charge on any atom is 0.240 e. The highest BCUT2D eigenvalue weighted by atomic mass is 32.2. The predicted octanol–water partition coefficient (Wildman–Crippen LogP) is 2.40. The first-order valence-corrected chi connectivity index (χ1v) is 11.7. The third-order valence-corrected chi connectivity index (χ3v) is 6.27. The summed E-state index contributed by atoms with van der Waals surface area (Å²) >= 11 is 0. The fraction of sp³-hybridized carbons (Fsp3) is 0.273. The van der Waals surface area contributed by atoms with E-state index in [0.29, 0.717) is 36.9 Å². The number of nitrogens with zero attached hydrogens (tertiary/aromatic N) is 2. The van der Waals surface area contributed by atoms with Gasteiger partial charge >= 0.3 is 0 Å². The molecule has 1 aliphatic heterocycles. The number of sulfonamides is 1. The van der Waals surface area contributed by atoms with E-state index in [1.165, 1.54) is 12.1 Å². The van der Waals surface area contributed by atoms with Crippen LogP contribution in [0.15, 0.2) is 65.8 Å². The summed E-state index contributed by atoms with van der Waals surface area (Å²) in [7, 11) is -3.78. The molecule has 0 saturated heterocycles. The molecule has 0 bridgehead atoms. The van der Waals surface area contributed by atoms with Crippen molar-refractivity contribution in [1.29, 1.82) is 0 Å². The minimum absolute atomic E-state index is 0.00117. The van der Waals surface area contributed by atoms with Crippen molar-refractivity contribution < 1.29 is 22.7 Å². The third kappa shape index (κ3) is 5.65. The van der Waals surface area contributed by atoms with Crippen molar-refractivity contribution in [2.24, 2.45) is 0 Å². The zero-order valence-corrected chi connectivity index (χ0v) is 18.2. The Morgan fingerprint density at radius 2 is 1.84 bits per heavy atom. The van der Waals surface area contributed by atoms with Crippen LogP contribution in [0.4, 0.5) is 5.69 Å². The number of carbonyl (C=O) groups excluding carboxylic acids is 1. The Kier molecular flexibility index (Phi) is 6.72. The van der Waals surface area contributed by atoms with Crippen LogP contribution in [0, 0.1) is 0 Å². The van der Waals surface area contributed by atoms with Gasteiger partial charge in [-0.25, -0.2) is 13.1 Å². The molecule has 10 heteroatoms. The van der Waals surface area contributed by atoms with Crippen molar-refractivity contribution in [1.82, 2.24) is 14.5 Å². The topological polar surface area (TPSA) is 112 Å². The van der Waals surface area contributed by atoms with Crippen molar-refractivity contribution in [3.05, 3.63) is 66.5 Å². The van der Waals surface area contributed by atoms with E-state index in [4.69, 9.17) is 9.47 Å². The summed E-state index contributed by atoms with van der Waals surface area (Å²) in [5, 5.41) is 6.93. The standard InChI is InChI=1S/C22H24N4O5S/c27-22(25-18-5-3-17(4-6-18)16-26-12-1-10-23-26)9-11-24-32(28,29)19-7-8-20-21(15-19)31-14-2-13-30-20/h1,3-8,10,12,15,24H,2,9,11,13-14,16H2,(H,25,27). The van der Waals surface area contributed by atoms with Crippen molar-refractivity contribution in [3.8, 4) is 11.5 Å². The van der Waals surface area contributed by atoms with Gasteiger partial charge in [-0.3, -0.25) is 9.48 Å². The van der Waals surface area contributed by atoms with Gasteiger partial charge in [-0.2, -0.15) is 5.10 Å². The number of carbonyl (C=O) groups is 1. The number of nitrogens with one attached hydrogen (secondary N) is 2. The third-order valence-electron chi connectivity index (χ3n) is 4.81. The lowest BCUT2D eigenvalue weighted by atomic mass is 10.2. The van der Waals surface area contributed by atoms with Crippen molar-refractivity contribution in [3.63, 3.8) is 0 Å². The summed E-state index contributed by atoms with van der Waals surface area (Å²) in [6.45, 7) is 1.61. The van der Waals surface area contributed by atoms with E-state index in [9.17, 15) is 13.2 Å². The van der Waals surface area contributed by atoms with Crippen LogP contribution in [0.25, 0.3) is 0 Å². The second kappa shape index (κ2) is 9.84. The van der Waals surface area contributed by atoms with Crippen molar-refractivity contribution >= 4 is 21.6 Å². The Morgan fingerprint density at radius 3 is 2.59 bits per heavy atom. The average Bonchev–Trinajstić information content (AvgIpc) is 3.17. The van der Waals surface area contributed by atoms with Crippen molar-refractivity contribution in [2.75, 3.05) is 25.1 Å². The van der Waals surface area contributed by atoms with Gasteiger partial charge in [0.2, 0.25) is 15.9 Å². The number of amides is 1. The lowest BCUT2D eigenvalue weighted by Crippen LogP contribution is -2.27. The molecule has 9 nitrogen and oxygen atoms in total. The van der Waals surface area contributed by atoms with Crippen LogP contribution in [0.1, 0.15) is 18.4 Å². The Bertz CT molecular complexity index is 1160. The Balaban J connectivity index is 1.27. The molecule has 0 fully saturated rings. The molecule has 4 rings (SSSR count). The monoisotopic (exact) mass is 456 g/mol. The fourth-order valence-corrected chi connectivity index (χ4v) is 4.24. The molecule has 32 heavy (non-hydrogen) atoms. The molecule has 0 spiro atoms. The summed E-state index contributed by atoms with van der Waals surface area (Å²) in [6.07, 6.45) is 4.33. The van der Waals surface area contributed by atoms with Gasteiger partial charge in [-0.1, -0.05) is 12.1 Å². The Morgan fingerprint density at radius 1 is 1.06 bits per heavy atom. The van der Waals surface area contributed by atoms with Crippen LogP contribution in [-0.4, -0.2) is 43.9 Å². The summed E-state index contributed by atoms with van der Waals surface area (Å²) in [6, 6.07) is 13.8. The van der Waals surface area contributed by atoms with Crippen molar-refractivity contribution in [2.45, 2.75) is 24.3 Å². The molecular formula is C22H24N4O5S. The highest BCUT2D eigenvalue weighted by molar-refractivity contribution is 7.89. The highest BCUT2D eigenvalue weighted by Gasteiger charge is 2.19. The van der Waals surface area contributed by atoms with Crippen LogP contribution in [-0.2, 0) is 21.4 Å². The number of aromatic nitrogens is 2. The number of rotatable bonds is 8. The Hall–Kier alpha value is -3.37. The molecule has 0 saturated carbocycles. The lowest BCUT2D eigenvalue weighted by Gasteiger charge is -2.11. The molecule has 2 heterocycles. The first-order chi connectivity index (χ1) is 15.5. The van der Waals surface area contributed by atoms with Gasteiger partial charge < -0.3 is 14.8 Å². The van der Waals surface area contributed by atoms with E-state index in [2.05, 4.69) is 15.1 Å². The first-order valence-electron chi connectivity index (χ1n) is 10.3. The molecule has 3 aromatic rings. The van der Waals surface area contributed by atoms with Crippen LogP contribution in [0.2, 0.25) is 0 Å². The summed E-state index contributed by atoms with van der Waals surface area (Å²) in [4.78, 5) is 12.3. The van der Waals surface area contributed by atoms with Gasteiger partial charge in [-0.15, -0.1) is 0 Å². The highest BCUT2D eigenvalue weighted by Crippen LogP contribution is 2.31. The molecule has 2 N–H and O–H groups in total. The van der Waals surface area contributed by atoms with E-state index in [1.54, 1.807) is 24.4 Å². The van der Waals surface area contributed by atoms with Gasteiger partial charge in [0, 0.05) is 43.5 Å². The van der Waals surface area contributed by atoms with Gasteiger partial charge in [0.05, 0.1) is 24.7 Å². The van der Waals surface area contributed by atoms with E-state index < -0.39 is 10.0 Å². The molecule has 1 aromatic heterocycles.